The zero-order valence-electron chi connectivity index (χ0n) is 14.9. The molecule has 0 aliphatic carbocycles. The van der Waals surface area contributed by atoms with Gasteiger partial charge in [0.25, 0.3) is 0 Å². The maximum atomic E-state index is 12.4. The van der Waals surface area contributed by atoms with E-state index in [-0.39, 0.29) is 30.2 Å². The second-order valence-corrected chi connectivity index (χ2v) is 6.66. The molecule has 2 aromatic carbocycles. The highest BCUT2D eigenvalue weighted by molar-refractivity contribution is 5.79. The van der Waals surface area contributed by atoms with Crippen molar-refractivity contribution in [3.8, 4) is 5.75 Å². The number of hydrogen-bond acceptors (Lipinski definition) is 3. The third-order valence-corrected chi connectivity index (χ3v) is 4.51. The first-order valence-electron chi connectivity index (χ1n) is 8.91. The van der Waals surface area contributed by atoms with E-state index >= 15 is 0 Å². The lowest BCUT2D eigenvalue weighted by Gasteiger charge is -2.25. The zero-order valence-corrected chi connectivity index (χ0v) is 14.9. The van der Waals surface area contributed by atoms with Crippen LogP contribution in [0.3, 0.4) is 0 Å². The van der Waals surface area contributed by atoms with Gasteiger partial charge in [0.15, 0.2) is 0 Å². The Hall–Kier alpha value is -2.82. The molecule has 136 valence electrons. The van der Waals surface area contributed by atoms with Gasteiger partial charge in [0.05, 0.1) is 19.1 Å². The van der Waals surface area contributed by atoms with Gasteiger partial charge in [-0.05, 0) is 23.6 Å². The highest BCUT2D eigenvalue weighted by atomic mass is 16.5. The van der Waals surface area contributed by atoms with Crippen LogP contribution in [0, 0.1) is 5.92 Å². The van der Waals surface area contributed by atoms with Crippen molar-refractivity contribution < 1.29 is 14.3 Å². The second kappa shape index (κ2) is 8.52. The summed E-state index contributed by atoms with van der Waals surface area (Å²) in [6.07, 6.45) is 1.11. The highest BCUT2D eigenvalue weighted by Crippen LogP contribution is 2.26. The van der Waals surface area contributed by atoms with E-state index < -0.39 is 0 Å². The van der Waals surface area contributed by atoms with E-state index in [1.165, 1.54) is 12.5 Å². The van der Waals surface area contributed by atoms with Crippen molar-refractivity contribution in [2.45, 2.75) is 25.8 Å². The van der Waals surface area contributed by atoms with Gasteiger partial charge < -0.3 is 15.4 Å². The van der Waals surface area contributed by atoms with Gasteiger partial charge in [-0.3, -0.25) is 9.59 Å². The number of benzene rings is 2. The van der Waals surface area contributed by atoms with Gasteiger partial charge in [0.1, 0.15) is 5.75 Å². The highest BCUT2D eigenvalue weighted by Gasteiger charge is 2.21. The molecule has 0 aromatic heterocycles. The van der Waals surface area contributed by atoms with E-state index in [0.29, 0.717) is 13.2 Å². The molecule has 1 aliphatic heterocycles. The second-order valence-electron chi connectivity index (χ2n) is 6.66. The van der Waals surface area contributed by atoms with Gasteiger partial charge in [-0.2, -0.15) is 0 Å². The quantitative estimate of drug-likeness (QED) is 0.840. The molecule has 1 heterocycles. The average molecular weight is 352 g/mol. The van der Waals surface area contributed by atoms with Crippen LogP contribution in [-0.4, -0.2) is 25.0 Å². The van der Waals surface area contributed by atoms with Crippen LogP contribution in [-0.2, 0) is 16.0 Å². The molecule has 0 fully saturated rings. The minimum absolute atomic E-state index is 0.0774. The molecule has 0 radical (unpaired) electrons. The van der Waals surface area contributed by atoms with Crippen LogP contribution in [0.1, 0.15) is 30.5 Å². The van der Waals surface area contributed by atoms with Gasteiger partial charge in [-0.25, -0.2) is 0 Å². The fraction of sp³-hybridized carbons (Fsp3) is 0.333. The number of amides is 2. The summed E-state index contributed by atoms with van der Waals surface area (Å²) in [5.74, 6) is 0.963. The predicted octanol–water partition coefficient (Wildman–Crippen LogP) is 2.62. The van der Waals surface area contributed by atoms with Crippen LogP contribution in [0.25, 0.3) is 0 Å². The summed E-state index contributed by atoms with van der Waals surface area (Å²) in [6.45, 7) is 2.63. The molecule has 2 atom stereocenters. The molecule has 26 heavy (non-hydrogen) atoms. The number of carbonyl (C=O) groups excluding carboxylic acids is 2. The summed E-state index contributed by atoms with van der Waals surface area (Å²) in [6, 6.07) is 17.2. The molecule has 5 nitrogen and oxygen atoms in total. The van der Waals surface area contributed by atoms with Gasteiger partial charge in [0.2, 0.25) is 11.8 Å². The monoisotopic (exact) mass is 352 g/mol. The predicted molar refractivity (Wildman–Crippen MR) is 99.8 cm³/mol. The summed E-state index contributed by atoms with van der Waals surface area (Å²) in [5, 5.41) is 5.84. The number of carbonyl (C=O) groups is 2. The Bertz CT molecular complexity index is 761. The van der Waals surface area contributed by atoms with Crippen LogP contribution in [0.5, 0.6) is 5.75 Å². The molecular weight excluding hydrogens is 328 g/mol. The van der Waals surface area contributed by atoms with Crippen molar-refractivity contribution in [1.82, 2.24) is 10.6 Å². The number of ether oxygens (including phenoxy) is 1. The fourth-order valence-electron chi connectivity index (χ4n) is 3.22. The maximum absolute atomic E-state index is 12.4. The summed E-state index contributed by atoms with van der Waals surface area (Å²) in [7, 11) is 0. The first-order valence-corrected chi connectivity index (χ1v) is 8.91. The Kier molecular flexibility index (Phi) is 5.89. The molecule has 1 aliphatic rings. The summed E-state index contributed by atoms with van der Waals surface area (Å²) >= 11 is 0. The molecular formula is C21H24N2O3. The average Bonchev–Trinajstić information content (AvgIpc) is 2.66. The first kappa shape index (κ1) is 18.0. The van der Waals surface area contributed by atoms with Crippen LogP contribution < -0.4 is 15.4 Å². The van der Waals surface area contributed by atoms with Crippen molar-refractivity contribution in [1.29, 1.82) is 0 Å². The van der Waals surface area contributed by atoms with Gasteiger partial charge >= 0.3 is 0 Å². The molecule has 0 bridgehead atoms. The first-order chi connectivity index (χ1) is 12.6. The molecule has 0 saturated heterocycles. The van der Waals surface area contributed by atoms with Crippen molar-refractivity contribution >= 4 is 11.8 Å². The van der Waals surface area contributed by atoms with Gasteiger partial charge in [-0.1, -0.05) is 48.5 Å². The SMILES string of the molecule is CC(=O)NC(CC(=O)NCC1COc2ccccc2C1)c1ccccc1. The summed E-state index contributed by atoms with van der Waals surface area (Å²) < 4.78 is 5.76. The largest absolute Gasteiger partial charge is 0.493 e. The van der Waals surface area contributed by atoms with Crippen LogP contribution >= 0.6 is 0 Å². The van der Waals surface area contributed by atoms with Crippen LogP contribution in [0.15, 0.2) is 54.6 Å². The van der Waals surface area contributed by atoms with Crippen molar-refractivity contribution in [2.75, 3.05) is 13.2 Å². The number of nitrogens with one attached hydrogen (secondary N) is 2. The molecule has 2 N–H and O–H groups in total. The Balaban J connectivity index is 1.53. The van der Waals surface area contributed by atoms with Gasteiger partial charge in [0, 0.05) is 19.4 Å². The fourth-order valence-corrected chi connectivity index (χ4v) is 3.22. The van der Waals surface area contributed by atoms with Crippen molar-refractivity contribution in [3.05, 3.63) is 65.7 Å². The van der Waals surface area contributed by atoms with Crippen LogP contribution in [0.2, 0.25) is 0 Å². The molecule has 3 rings (SSSR count). The molecule has 5 heteroatoms. The Morgan fingerprint density at radius 1 is 1.12 bits per heavy atom. The van der Waals surface area contributed by atoms with E-state index in [1.54, 1.807) is 0 Å². The zero-order chi connectivity index (χ0) is 18.4. The lowest BCUT2D eigenvalue weighted by atomic mass is 9.96. The van der Waals surface area contributed by atoms with Crippen LogP contribution in [0.4, 0.5) is 0 Å². The Labute approximate surface area is 153 Å². The number of rotatable bonds is 6. The summed E-state index contributed by atoms with van der Waals surface area (Å²) in [4.78, 5) is 23.9. The molecule has 2 unspecified atom stereocenters. The maximum Gasteiger partial charge on any atom is 0.222 e. The minimum atomic E-state index is -0.322. The van der Waals surface area contributed by atoms with E-state index in [2.05, 4.69) is 16.7 Å². The molecule has 2 amide bonds. The van der Waals surface area contributed by atoms with E-state index in [4.69, 9.17) is 4.74 Å². The topological polar surface area (TPSA) is 67.4 Å². The molecule has 0 saturated carbocycles. The lowest BCUT2D eigenvalue weighted by Crippen LogP contribution is -2.37. The third-order valence-electron chi connectivity index (χ3n) is 4.51. The van der Waals surface area contributed by atoms with Gasteiger partial charge in [-0.15, -0.1) is 0 Å². The summed E-state index contributed by atoms with van der Waals surface area (Å²) in [5.41, 5.74) is 2.10. The van der Waals surface area contributed by atoms with Crippen molar-refractivity contribution in [2.24, 2.45) is 5.92 Å². The normalized spacial score (nSPS) is 16.7. The lowest BCUT2D eigenvalue weighted by molar-refractivity contribution is -0.123. The van der Waals surface area contributed by atoms with E-state index in [1.807, 2.05) is 48.5 Å². The number of fused-ring (bicyclic) bond motifs is 1. The molecule has 0 spiro atoms. The smallest absolute Gasteiger partial charge is 0.222 e. The van der Waals surface area contributed by atoms with E-state index in [0.717, 1.165) is 17.7 Å². The standard InChI is InChI=1S/C21H24N2O3/c1-15(24)23-19(17-7-3-2-4-8-17)12-21(25)22-13-16-11-18-9-5-6-10-20(18)26-14-16/h2-10,16,19H,11-14H2,1H3,(H,22,25)(H,23,24). The Morgan fingerprint density at radius 3 is 2.62 bits per heavy atom. The number of hydrogen-bond donors (Lipinski definition) is 2. The van der Waals surface area contributed by atoms with Crippen molar-refractivity contribution in [3.63, 3.8) is 0 Å². The minimum Gasteiger partial charge on any atom is -0.493 e. The third kappa shape index (κ3) is 4.85. The van der Waals surface area contributed by atoms with E-state index in [9.17, 15) is 9.59 Å². The Morgan fingerprint density at radius 2 is 1.85 bits per heavy atom. The number of para-hydroxylation sites is 1. The molecule has 2 aromatic rings.